The lowest BCUT2D eigenvalue weighted by molar-refractivity contribution is -0.124. The molecule has 1 rings (SSSR count). The number of carbonyl (C=O) groups excluding carboxylic acids is 2. The molecule has 2 amide bonds. The maximum Gasteiger partial charge on any atom is 0.276 e. The molecule has 0 heterocycles. The summed E-state index contributed by atoms with van der Waals surface area (Å²) in [4.78, 5) is 22.6. The zero-order valence-electron chi connectivity index (χ0n) is 11.7. The summed E-state index contributed by atoms with van der Waals surface area (Å²) in [6, 6.07) is 5.10. The monoisotopic (exact) mass is 329 g/mol. The molecule has 0 radical (unpaired) electrons. The lowest BCUT2D eigenvalue weighted by Crippen LogP contribution is -2.49. The van der Waals surface area contributed by atoms with Gasteiger partial charge < -0.3 is 10.1 Å². The highest BCUT2D eigenvalue weighted by molar-refractivity contribution is 7.80. The van der Waals surface area contributed by atoms with Gasteiger partial charge in [0.1, 0.15) is 5.75 Å². The number of thiocarbonyl (C=S) groups is 1. The van der Waals surface area contributed by atoms with Crippen molar-refractivity contribution in [2.45, 2.75) is 20.3 Å². The minimum absolute atomic E-state index is 0.0258. The number of nitrogens with one attached hydrogen (secondary N) is 3. The van der Waals surface area contributed by atoms with Crippen LogP contribution in [0.15, 0.2) is 18.2 Å². The highest BCUT2D eigenvalue weighted by Crippen LogP contribution is 2.21. The molecule has 1 aromatic carbocycles. The summed E-state index contributed by atoms with van der Waals surface area (Å²) in [6.07, 6.45) is 0.300. The van der Waals surface area contributed by atoms with Gasteiger partial charge in [0.25, 0.3) is 5.91 Å². The molecule has 0 aromatic heterocycles. The molecule has 6 nitrogen and oxygen atoms in total. The number of aryl methyl sites for hydroxylation is 1. The van der Waals surface area contributed by atoms with Crippen molar-refractivity contribution in [2.75, 3.05) is 6.61 Å². The minimum atomic E-state index is -0.433. The fraction of sp³-hybridized carbons (Fsp3) is 0.308. The van der Waals surface area contributed by atoms with Crippen LogP contribution in [0.25, 0.3) is 0 Å². The van der Waals surface area contributed by atoms with Crippen molar-refractivity contribution in [1.29, 1.82) is 0 Å². The van der Waals surface area contributed by atoms with Gasteiger partial charge in [-0.15, -0.1) is 0 Å². The molecule has 114 valence electrons. The summed E-state index contributed by atoms with van der Waals surface area (Å²) in [6.45, 7) is 3.32. The highest BCUT2D eigenvalue weighted by Gasteiger charge is 2.06. The first-order valence-electron chi connectivity index (χ1n) is 6.20. The summed E-state index contributed by atoms with van der Waals surface area (Å²) in [5.41, 5.74) is 5.55. The zero-order chi connectivity index (χ0) is 15.8. The number of benzene rings is 1. The Bertz CT molecular complexity index is 551. The smallest absolute Gasteiger partial charge is 0.276 e. The largest absolute Gasteiger partial charge is 0.483 e. The second-order valence-corrected chi connectivity index (χ2v) is 4.95. The van der Waals surface area contributed by atoms with Crippen LogP contribution in [0.3, 0.4) is 0 Å². The molecule has 3 N–H and O–H groups in total. The Morgan fingerprint density at radius 3 is 2.62 bits per heavy atom. The van der Waals surface area contributed by atoms with Gasteiger partial charge in [-0.1, -0.05) is 18.5 Å². The third kappa shape index (κ3) is 6.42. The predicted octanol–water partition coefficient (Wildman–Crippen LogP) is 1.46. The number of ether oxygens (including phenoxy) is 1. The third-order valence-electron chi connectivity index (χ3n) is 2.39. The maximum absolute atomic E-state index is 11.6. The Morgan fingerprint density at radius 2 is 2.00 bits per heavy atom. The van der Waals surface area contributed by atoms with Gasteiger partial charge in [-0.25, -0.2) is 0 Å². The van der Waals surface area contributed by atoms with Crippen molar-refractivity contribution >= 4 is 40.7 Å². The predicted molar refractivity (Wildman–Crippen MR) is 84.0 cm³/mol. The first-order chi connectivity index (χ1) is 9.92. The van der Waals surface area contributed by atoms with Gasteiger partial charge >= 0.3 is 0 Å². The second-order valence-electron chi connectivity index (χ2n) is 4.10. The van der Waals surface area contributed by atoms with Crippen molar-refractivity contribution in [3.8, 4) is 5.75 Å². The molecule has 0 saturated heterocycles. The van der Waals surface area contributed by atoms with Crippen LogP contribution in [0.2, 0.25) is 5.02 Å². The average molecular weight is 330 g/mol. The lowest BCUT2D eigenvalue weighted by Gasteiger charge is -2.12. The summed E-state index contributed by atoms with van der Waals surface area (Å²) in [5.74, 6) is -0.108. The van der Waals surface area contributed by atoms with E-state index in [0.717, 1.165) is 5.56 Å². The molecule has 0 aliphatic heterocycles. The lowest BCUT2D eigenvalue weighted by atomic mass is 10.2. The fourth-order valence-corrected chi connectivity index (χ4v) is 1.72. The maximum atomic E-state index is 11.6. The van der Waals surface area contributed by atoms with Gasteiger partial charge in [-0.05, 0) is 42.9 Å². The van der Waals surface area contributed by atoms with E-state index >= 15 is 0 Å². The van der Waals surface area contributed by atoms with E-state index in [1.807, 2.05) is 6.92 Å². The van der Waals surface area contributed by atoms with Crippen LogP contribution in [0.5, 0.6) is 5.75 Å². The van der Waals surface area contributed by atoms with E-state index in [2.05, 4.69) is 16.2 Å². The van der Waals surface area contributed by atoms with Gasteiger partial charge in [0.05, 0.1) is 0 Å². The van der Waals surface area contributed by atoms with Crippen molar-refractivity contribution in [3.05, 3.63) is 28.8 Å². The Morgan fingerprint density at radius 1 is 1.29 bits per heavy atom. The molecule has 0 spiro atoms. The molecule has 0 atom stereocenters. The number of hydrogen-bond donors (Lipinski definition) is 3. The number of amides is 2. The topological polar surface area (TPSA) is 79.5 Å². The van der Waals surface area contributed by atoms with Crippen LogP contribution in [-0.4, -0.2) is 23.5 Å². The van der Waals surface area contributed by atoms with Crippen LogP contribution in [0.4, 0.5) is 0 Å². The molecule has 0 saturated carbocycles. The van der Waals surface area contributed by atoms with Crippen molar-refractivity contribution in [2.24, 2.45) is 0 Å². The van der Waals surface area contributed by atoms with Gasteiger partial charge in [0.2, 0.25) is 5.91 Å². The second kappa shape index (κ2) is 8.43. The summed E-state index contributed by atoms with van der Waals surface area (Å²) >= 11 is 10.6. The van der Waals surface area contributed by atoms with Crippen molar-refractivity contribution < 1.29 is 14.3 Å². The number of hydrazine groups is 1. The van der Waals surface area contributed by atoms with E-state index in [4.69, 9.17) is 28.6 Å². The molecule has 0 fully saturated rings. The van der Waals surface area contributed by atoms with E-state index in [0.29, 0.717) is 17.2 Å². The Kier molecular flexibility index (Phi) is 6.90. The van der Waals surface area contributed by atoms with E-state index < -0.39 is 5.91 Å². The van der Waals surface area contributed by atoms with Gasteiger partial charge in [0.15, 0.2) is 11.7 Å². The van der Waals surface area contributed by atoms with E-state index in [-0.39, 0.29) is 17.6 Å². The average Bonchev–Trinajstić information content (AvgIpc) is 2.44. The molecular weight excluding hydrogens is 314 g/mol. The van der Waals surface area contributed by atoms with Crippen LogP contribution >= 0.6 is 23.8 Å². The van der Waals surface area contributed by atoms with Crippen LogP contribution in [0, 0.1) is 6.92 Å². The van der Waals surface area contributed by atoms with E-state index in [9.17, 15) is 9.59 Å². The molecular formula is C13H16ClN3O3S. The van der Waals surface area contributed by atoms with Gasteiger partial charge in [-0.2, -0.15) is 0 Å². The third-order valence-corrected chi connectivity index (χ3v) is 2.82. The normalized spacial score (nSPS) is 9.67. The number of rotatable bonds is 4. The Labute approximate surface area is 133 Å². The minimum Gasteiger partial charge on any atom is -0.483 e. The summed E-state index contributed by atoms with van der Waals surface area (Å²) in [5, 5.41) is 3.01. The summed E-state index contributed by atoms with van der Waals surface area (Å²) < 4.78 is 5.35. The van der Waals surface area contributed by atoms with E-state index in [1.165, 1.54) is 0 Å². The van der Waals surface area contributed by atoms with Crippen LogP contribution < -0.4 is 20.9 Å². The molecule has 1 aromatic rings. The SMILES string of the molecule is CCC(=O)NC(=S)NNC(=O)COc1ccc(Cl)cc1C. The Hall–Kier alpha value is -1.86. The highest BCUT2D eigenvalue weighted by atomic mass is 35.5. The van der Waals surface area contributed by atoms with Crippen molar-refractivity contribution in [3.63, 3.8) is 0 Å². The van der Waals surface area contributed by atoms with Gasteiger partial charge in [0, 0.05) is 11.4 Å². The summed E-state index contributed by atoms with van der Waals surface area (Å²) in [7, 11) is 0. The number of carbonyl (C=O) groups is 2. The van der Waals surface area contributed by atoms with Gasteiger partial charge in [-0.3, -0.25) is 20.4 Å². The first kappa shape index (κ1) is 17.2. The first-order valence-corrected chi connectivity index (χ1v) is 6.98. The molecule has 0 unspecified atom stereocenters. The number of halogens is 1. The zero-order valence-corrected chi connectivity index (χ0v) is 13.2. The standard InChI is InChI=1S/C13H16ClN3O3S/c1-3-11(18)15-13(21)17-16-12(19)7-20-10-5-4-9(14)6-8(10)2/h4-6H,3,7H2,1-2H3,(H,16,19)(H2,15,17,18,21). The van der Waals surface area contributed by atoms with Crippen molar-refractivity contribution in [1.82, 2.24) is 16.2 Å². The molecule has 21 heavy (non-hydrogen) atoms. The molecule has 8 heteroatoms. The quantitative estimate of drug-likeness (QED) is 0.575. The molecule has 0 aliphatic carbocycles. The molecule has 0 aliphatic rings. The van der Waals surface area contributed by atoms with Crippen LogP contribution in [0.1, 0.15) is 18.9 Å². The fourth-order valence-electron chi connectivity index (χ4n) is 1.33. The van der Waals surface area contributed by atoms with Crippen LogP contribution in [-0.2, 0) is 9.59 Å². The Balaban J connectivity index is 2.34. The van der Waals surface area contributed by atoms with E-state index in [1.54, 1.807) is 25.1 Å². The molecule has 0 bridgehead atoms. The number of hydrogen-bond acceptors (Lipinski definition) is 4.